The minimum absolute atomic E-state index is 0. The molecular formula is C19H27IN4OS. The first-order chi connectivity index (χ1) is 12.1. The van der Waals surface area contributed by atoms with Crippen molar-refractivity contribution in [1.82, 2.24) is 15.6 Å². The number of aromatic nitrogens is 1. The van der Waals surface area contributed by atoms with Crippen molar-refractivity contribution >= 4 is 41.7 Å². The molecule has 1 atom stereocenters. The van der Waals surface area contributed by atoms with Crippen molar-refractivity contribution in [2.24, 2.45) is 4.99 Å². The fourth-order valence-electron chi connectivity index (χ4n) is 2.86. The van der Waals surface area contributed by atoms with Gasteiger partial charge in [0, 0.05) is 23.9 Å². The fraction of sp³-hybridized carbons (Fsp3) is 0.474. The molecule has 1 aromatic carbocycles. The minimum Gasteiger partial charge on any atom is -0.444 e. The standard InChI is InChI=1S/C19H26N4OS.HI/c1-14-5-7-15(8-6-14)17-23-16(12-24-17)11-21-18(20-3)22-13-19(2)9-4-10-25-19;/h5-8,12H,4,9-11,13H2,1-3H3,(H2,20,21,22);1H. The molecule has 142 valence electrons. The Morgan fingerprint density at radius 1 is 1.31 bits per heavy atom. The molecule has 1 aliphatic heterocycles. The second-order valence-corrected chi connectivity index (χ2v) is 8.37. The zero-order valence-corrected chi connectivity index (χ0v) is 18.7. The zero-order valence-electron chi connectivity index (χ0n) is 15.5. The number of halogens is 1. The van der Waals surface area contributed by atoms with Crippen LogP contribution in [0.1, 0.15) is 31.0 Å². The number of oxazole rings is 1. The number of nitrogens with zero attached hydrogens (tertiary/aromatic N) is 2. The van der Waals surface area contributed by atoms with Gasteiger partial charge in [-0.2, -0.15) is 11.8 Å². The highest BCUT2D eigenvalue weighted by molar-refractivity contribution is 14.0. The molecule has 1 unspecified atom stereocenters. The van der Waals surface area contributed by atoms with E-state index in [0.717, 1.165) is 23.8 Å². The Kier molecular flexibility index (Phi) is 7.82. The number of aliphatic imine (C=N–C) groups is 1. The first-order valence-electron chi connectivity index (χ1n) is 8.68. The van der Waals surface area contributed by atoms with E-state index in [0.29, 0.717) is 17.2 Å². The summed E-state index contributed by atoms with van der Waals surface area (Å²) in [7, 11) is 1.79. The molecule has 0 radical (unpaired) electrons. The molecular weight excluding hydrogens is 459 g/mol. The molecule has 1 fully saturated rings. The topological polar surface area (TPSA) is 62.5 Å². The van der Waals surface area contributed by atoms with Gasteiger partial charge in [0.2, 0.25) is 5.89 Å². The smallest absolute Gasteiger partial charge is 0.226 e. The average Bonchev–Trinajstić information content (AvgIpc) is 3.25. The number of rotatable bonds is 5. The summed E-state index contributed by atoms with van der Waals surface area (Å²) in [5.74, 6) is 2.70. The highest BCUT2D eigenvalue weighted by atomic mass is 127. The number of hydrogen-bond donors (Lipinski definition) is 2. The lowest BCUT2D eigenvalue weighted by Gasteiger charge is -2.24. The van der Waals surface area contributed by atoms with E-state index >= 15 is 0 Å². The average molecular weight is 486 g/mol. The van der Waals surface area contributed by atoms with Gasteiger partial charge in [0.15, 0.2) is 5.96 Å². The van der Waals surface area contributed by atoms with Crippen LogP contribution >= 0.6 is 35.7 Å². The molecule has 0 amide bonds. The molecule has 1 aliphatic rings. The van der Waals surface area contributed by atoms with E-state index in [4.69, 9.17) is 4.42 Å². The second-order valence-electron chi connectivity index (χ2n) is 6.69. The first-order valence-corrected chi connectivity index (χ1v) is 9.66. The molecule has 0 aliphatic carbocycles. The van der Waals surface area contributed by atoms with Crippen LogP contribution in [0.25, 0.3) is 11.5 Å². The third-order valence-electron chi connectivity index (χ3n) is 4.44. The number of thioether (sulfide) groups is 1. The minimum atomic E-state index is 0. The summed E-state index contributed by atoms with van der Waals surface area (Å²) in [5.41, 5.74) is 3.08. The largest absolute Gasteiger partial charge is 0.444 e. The summed E-state index contributed by atoms with van der Waals surface area (Å²) in [4.78, 5) is 8.85. The molecule has 7 heteroatoms. The van der Waals surface area contributed by atoms with E-state index in [-0.39, 0.29) is 24.0 Å². The molecule has 5 nitrogen and oxygen atoms in total. The Balaban J connectivity index is 0.00000243. The van der Waals surface area contributed by atoms with Crippen LogP contribution in [0.15, 0.2) is 39.9 Å². The number of guanidine groups is 1. The maximum atomic E-state index is 5.60. The van der Waals surface area contributed by atoms with Crippen molar-refractivity contribution in [3.05, 3.63) is 41.8 Å². The van der Waals surface area contributed by atoms with E-state index in [2.05, 4.69) is 46.6 Å². The highest BCUT2D eigenvalue weighted by Crippen LogP contribution is 2.36. The van der Waals surface area contributed by atoms with E-state index in [1.807, 2.05) is 23.9 Å². The number of aryl methyl sites for hydroxylation is 1. The van der Waals surface area contributed by atoms with Crippen LogP contribution in [0.2, 0.25) is 0 Å². The zero-order chi connectivity index (χ0) is 17.7. The van der Waals surface area contributed by atoms with E-state index in [9.17, 15) is 0 Å². The van der Waals surface area contributed by atoms with Gasteiger partial charge in [0.05, 0.1) is 12.2 Å². The van der Waals surface area contributed by atoms with Crippen LogP contribution in [-0.2, 0) is 6.54 Å². The van der Waals surface area contributed by atoms with Crippen molar-refractivity contribution in [1.29, 1.82) is 0 Å². The molecule has 26 heavy (non-hydrogen) atoms. The molecule has 1 saturated heterocycles. The molecule has 2 N–H and O–H groups in total. The fourth-order valence-corrected chi connectivity index (χ4v) is 4.10. The van der Waals surface area contributed by atoms with E-state index < -0.39 is 0 Å². The van der Waals surface area contributed by atoms with Gasteiger partial charge < -0.3 is 15.1 Å². The van der Waals surface area contributed by atoms with Crippen LogP contribution in [0.4, 0.5) is 0 Å². The van der Waals surface area contributed by atoms with Crippen LogP contribution < -0.4 is 10.6 Å². The van der Waals surface area contributed by atoms with Gasteiger partial charge in [-0.1, -0.05) is 17.7 Å². The molecule has 3 rings (SSSR count). The summed E-state index contributed by atoms with van der Waals surface area (Å²) in [5, 5.41) is 6.73. The van der Waals surface area contributed by atoms with Crippen LogP contribution in [0, 0.1) is 6.92 Å². The van der Waals surface area contributed by atoms with Crippen molar-refractivity contribution in [2.45, 2.75) is 38.0 Å². The van der Waals surface area contributed by atoms with Gasteiger partial charge in [-0.05, 0) is 44.6 Å². The molecule has 2 heterocycles. The summed E-state index contributed by atoms with van der Waals surface area (Å²) in [6.45, 7) is 5.89. The predicted octanol–water partition coefficient (Wildman–Crippen LogP) is 4.22. The van der Waals surface area contributed by atoms with Gasteiger partial charge in [-0.15, -0.1) is 24.0 Å². The van der Waals surface area contributed by atoms with Gasteiger partial charge in [0.1, 0.15) is 6.26 Å². The number of nitrogens with one attached hydrogen (secondary N) is 2. The lowest BCUT2D eigenvalue weighted by Crippen LogP contribution is -2.43. The van der Waals surface area contributed by atoms with Gasteiger partial charge in [-0.3, -0.25) is 4.99 Å². The first kappa shape index (κ1) is 21.1. The summed E-state index contributed by atoms with van der Waals surface area (Å²) in [6.07, 6.45) is 4.25. The Labute approximate surface area is 176 Å². The van der Waals surface area contributed by atoms with Crippen molar-refractivity contribution in [3.8, 4) is 11.5 Å². The quantitative estimate of drug-likeness (QED) is 0.377. The monoisotopic (exact) mass is 486 g/mol. The molecule has 0 spiro atoms. The van der Waals surface area contributed by atoms with Gasteiger partial charge in [0.25, 0.3) is 0 Å². The summed E-state index contributed by atoms with van der Waals surface area (Å²) < 4.78 is 5.91. The molecule has 1 aromatic heterocycles. The SMILES string of the molecule is CN=C(NCc1coc(-c2ccc(C)cc2)n1)NCC1(C)CCCS1.I. The Morgan fingerprint density at radius 3 is 2.73 bits per heavy atom. The summed E-state index contributed by atoms with van der Waals surface area (Å²) in [6, 6.07) is 8.17. The predicted molar refractivity (Wildman–Crippen MR) is 120 cm³/mol. The van der Waals surface area contributed by atoms with E-state index in [1.54, 1.807) is 13.3 Å². The second kappa shape index (κ2) is 9.64. The highest BCUT2D eigenvalue weighted by Gasteiger charge is 2.29. The third kappa shape index (κ3) is 5.64. The van der Waals surface area contributed by atoms with Crippen molar-refractivity contribution < 1.29 is 4.42 Å². The molecule has 0 saturated carbocycles. The third-order valence-corrected chi connectivity index (χ3v) is 5.98. The van der Waals surface area contributed by atoms with Crippen LogP contribution in [0.3, 0.4) is 0 Å². The lowest BCUT2D eigenvalue weighted by molar-refractivity contribution is 0.571. The summed E-state index contributed by atoms with van der Waals surface area (Å²) >= 11 is 2.04. The van der Waals surface area contributed by atoms with Crippen LogP contribution in [0.5, 0.6) is 0 Å². The maximum absolute atomic E-state index is 5.60. The lowest BCUT2D eigenvalue weighted by atomic mass is 10.1. The Hall–Kier alpha value is -1.22. The normalized spacial score (nSPS) is 19.9. The number of hydrogen-bond acceptors (Lipinski definition) is 4. The van der Waals surface area contributed by atoms with Crippen molar-refractivity contribution in [2.75, 3.05) is 19.3 Å². The molecule has 0 bridgehead atoms. The van der Waals surface area contributed by atoms with Gasteiger partial charge in [-0.25, -0.2) is 4.98 Å². The Morgan fingerprint density at radius 2 is 2.08 bits per heavy atom. The maximum Gasteiger partial charge on any atom is 0.226 e. The molecule has 2 aromatic rings. The van der Waals surface area contributed by atoms with Crippen molar-refractivity contribution in [3.63, 3.8) is 0 Å². The number of benzene rings is 1. The van der Waals surface area contributed by atoms with Gasteiger partial charge >= 0.3 is 0 Å². The van der Waals surface area contributed by atoms with Crippen LogP contribution in [-0.4, -0.2) is 35.0 Å². The van der Waals surface area contributed by atoms with E-state index in [1.165, 1.54) is 24.2 Å². The Bertz CT molecular complexity index is 723.